The van der Waals surface area contributed by atoms with Crippen molar-refractivity contribution in [3.05, 3.63) is 64.2 Å². The summed E-state index contributed by atoms with van der Waals surface area (Å²) in [6, 6.07) is 6.91. The van der Waals surface area contributed by atoms with Crippen LogP contribution >= 0.6 is 0 Å². The van der Waals surface area contributed by atoms with E-state index in [9.17, 15) is 14.7 Å². The van der Waals surface area contributed by atoms with E-state index in [1.54, 1.807) is 24.3 Å². The molecule has 156 valence electrons. The first-order chi connectivity index (χ1) is 14.1. The van der Waals surface area contributed by atoms with E-state index in [2.05, 4.69) is 0 Å². The molecule has 0 amide bonds. The molecule has 2 aliphatic heterocycles. The Balaban J connectivity index is 0.000000171. The van der Waals surface area contributed by atoms with Crippen LogP contribution in [-0.2, 0) is 0 Å². The van der Waals surface area contributed by atoms with Crippen LogP contribution in [0, 0.1) is 6.92 Å². The summed E-state index contributed by atoms with van der Waals surface area (Å²) < 4.78 is 11.4. The van der Waals surface area contributed by atoms with Gasteiger partial charge in [0, 0.05) is 11.1 Å². The number of aromatic hydroxyl groups is 1. The summed E-state index contributed by atoms with van der Waals surface area (Å²) in [6.07, 6.45) is 9.18. The molecular weight excluding hydrogens is 380 g/mol. The van der Waals surface area contributed by atoms with Crippen molar-refractivity contribution in [3.8, 4) is 17.2 Å². The zero-order chi connectivity index (χ0) is 22.1. The summed E-state index contributed by atoms with van der Waals surface area (Å²) in [5.41, 5.74) is 2.93. The fraction of sp³-hybridized carbons (Fsp3) is 0.280. The lowest BCUT2D eigenvalue weighted by Crippen LogP contribution is -2.27. The first-order valence-electron chi connectivity index (χ1n) is 9.73. The zero-order valence-corrected chi connectivity index (χ0v) is 17.9. The molecule has 0 spiro atoms. The number of hydrogen-bond acceptors (Lipinski definition) is 5. The summed E-state index contributed by atoms with van der Waals surface area (Å²) in [4.78, 5) is 21.4. The maximum Gasteiger partial charge on any atom is 0.153 e. The van der Waals surface area contributed by atoms with Gasteiger partial charge in [-0.25, -0.2) is 0 Å². The normalized spacial score (nSPS) is 16.7. The number of rotatable bonds is 2. The van der Waals surface area contributed by atoms with Crippen molar-refractivity contribution in [3.63, 3.8) is 0 Å². The Labute approximate surface area is 176 Å². The van der Waals surface area contributed by atoms with Crippen LogP contribution in [0.1, 0.15) is 65.1 Å². The molecule has 0 bridgehead atoms. The molecule has 0 unspecified atom stereocenters. The van der Waals surface area contributed by atoms with Crippen LogP contribution < -0.4 is 9.47 Å². The second kappa shape index (κ2) is 7.82. The first kappa shape index (κ1) is 21.4. The van der Waals surface area contributed by atoms with Gasteiger partial charge in [-0.15, -0.1) is 0 Å². The monoisotopic (exact) mass is 406 g/mol. The highest BCUT2D eigenvalue weighted by atomic mass is 16.5. The first-order valence-corrected chi connectivity index (χ1v) is 9.73. The maximum atomic E-state index is 10.8. The fourth-order valence-corrected chi connectivity index (χ4v) is 3.30. The van der Waals surface area contributed by atoms with Gasteiger partial charge in [-0.1, -0.05) is 6.08 Å². The van der Waals surface area contributed by atoms with Crippen molar-refractivity contribution in [1.29, 1.82) is 0 Å². The summed E-state index contributed by atoms with van der Waals surface area (Å²) in [5.74, 6) is 1.44. The lowest BCUT2D eigenvalue weighted by atomic mass is 9.96. The van der Waals surface area contributed by atoms with E-state index in [0.29, 0.717) is 17.6 Å². The molecule has 2 heterocycles. The molecule has 0 saturated heterocycles. The Bertz CT molecular complexity index is 972. The number of benzene rings is 2. The zero-order valence-electron chi connectivity index (χ0n) is 17.9. The lowest BCUT2D eigenvalue weighted by Gasteiger charge is -2.28. The largest absolute Gasteiger partial charge is 0.506 e. The van der Waals surface area contributed by atoms with Crippen molar-refractivity contribution < 1.29 is 24.2 Å². The molecule has 0 atom stereocenters. The average Bonchev–Trinajstić information content (AvgIpc) is 2.67. The molecular formula is C25H26O5. The Morgan fingerprint density at radius 2 is 1.23 bits per heavy atom. The van der Waals surface area contributed by atoms with Crippen LogP contribution in [0.2, 0.25) is 0 Å². The quantitative estimate of drug-likeness (QED) is 0.678. The van der Waals surface area contributed by atoms with Crippen LogP contribution in [0.25, 0.3) is 12.2 Å². The second-order valence-electron chi connectivity index (χ2n) is 8.42. The molecule has 5 heteroatoms. The minimum atomic E-state index is -0.373. The third-order valence-electron chi connectivity index (χ3n) is 5.03. The van der Waals surface area contributed by atoms with Gasteiger partial charge in [0.25, 0.3) is 0 Å². The predicted molar refractivity (Wildman–Crippen MR) is 118 cm³/mol. The van der Waals surface area contributed by atoms with Crippen molar-refractivity contribution in [2.75, 3.05) is 0 Å². The molecule has 0 saturated carbocycles. The van der Waals surface area contributed by atoms with Gasteiger partial charge in [0.2, 0.25) is 0 Å². The number of hydrogen-bond donors (Lipinski definition) is 1. The number of ether oxygens (including phenoxy) is 2. The smallest absolute Gasteiger partial charge is 0.153 e. The van der Waals surface area contributed by atoms with Gasteiger partial charge in [0.05, 0.1) is 11.1 Å². The minimum absolute atomic E-state index is 0.0192. The van der Waals surface area contributed by atoms with E-state index in [0.717, 1.165) is 28.7 Å². The topological polar surface area (TPSA) is 72.8 Å². The van der Waals surface area contributed by atoms with Crippen LogP contribution in [0.15, 0.2) is 36.4 Å². The molecule has 30 heavy (non-hydrogen) atoms. The number of carbonyl (C=O) groups is 2. The number of aldehydes is 2. The van der Waals surface area contributed by atoms with Gasteiger partial charge in [-0.3, -0.25) is 9.59 Å². The van der Waals surface area contributed by atoms with E-state index < -0.39 is 0 Å². The van der Waals surface area contributed by atoms with E-state index >= 15 is 0 Å². The van der Waals surface area contributed by atoms with Crippen molar-refractivity contribution in [2.45, 2.75) is 45.8 Å². The van der Waals surface area contributed by atoms with Gasteiger partial charge in [-0.05, 0) is 82.7 Å². The highest BCUT2D eigenvalue weighted by molar-refractivity contribution is 5.84. The molecule has 5 nitrogen and oxygen atoms in total. The van der Waals surface area contributed by atoms with E-state index in [-0.39, 0.29) is 22.5 Å². The van der Waals surface area contributed by atoms with Crippen LogP contribution in [0.4, 0.5) is 0 Å². The molecule has 0 radical (unpaired) electrons. The lowest BCUT2D eigenvalue weighted by molar-refractivity contribution is 0.111. The number of phenolic OH excluding ortho intramolecular Hbond substituents is 1. The molecule has 0 aliphatic carbocycles. The Kier molecular flexibility index (Phi) is 5.57. The predicted octanol–water partition coefficient (Wildman–Crippen LogP) is 5.38. The molecule has 0 fully saturated rings. The van der Waals surface area contributed by atoms with Gasteiger partial charge < -0.3 is 14.6 Å². The minimum Gasteiger partial charge on any atom is -0.506 e. The average molecular weight is 406 g/mol. The fourth-order valence-electron chi connectivity index (χ4n) is 3.30. The van der Waals surface area contributed by atoms with Crippen molar-refractivity contribution >= 4 is 24.7 Å². The molecule has 0 aromatic heterocycles. The number of carbonyl (C=O) groups excluding carboxylic acids is 2. The van der Waals surface area contributed by atoms with E-state index in [1.165, 1.54) is 0 Å². The van der Waals surface area contributed by atoms with Gasteiger partial charge in [-0.2, -0.15) is 0 Å². The highest BCUT2D eigenvalue weighted by Crippen LogP contribution is 2.37. The highest BCUT2D eigenvalue weighted by Gasteiger charge is 2.24. The number of fused-ring (bicyclic) bond motifs is 2. The third kappa shape index (κ3) is 4.30. The Morgan fingerprint density at radius 1 is 0.767 bits per heavy atom. The van der Waals surface area contributed by atoms with Crippen molar-refractivity contribution in [1.82, 2.24) is 0 Å². The van der Waals surface area contributed by atoms with Crippen LogP contribution in [0.3, 0.4) is 0 Å². The maximum absolute atomic E-state index is 10.8. The molecule has 2 aliphatic rings. The van der Waals surface area contributed by atoms with Crippen molar-refractivity contribution in [2.24, 2.45) is 0 Å². The van der Waals surface area contributed by atoms with E-state index in [4.69, 9.17) is 9.47 Å². The van der Waals surface area contributed by atoms with Crippen LogP contribution in [-0.4, -0.2) is 28.9 Å². The molecule has 4 rings (SSSR count). The van der Waals surface area contributed by atoms with Gasteiger partial charge in [0.1, 0.15) is 34.7 Å². The summed E-state index contributed by atoms with van der Waals surface area (Å²) >= 11 is 0. The Morgan fingerprint density at radius 3 is 1.77 bits per heavy atom. The summed E-state index contributed by atoms with van der Waals surface area (Å²) in [5, 5.41) is 9.74. The summed E-state index contributed by atoms with van der Waals surface area (Å²) in [6.45, 7) is 9.81. The SMILES string of the molecule is CC1(C)C=Cc2c(ccc(C=O)c2O)O1.Cc1c(C=O)ccc2c1C=CC(C)(C)O2. The van der Waals surface area contributed by atoms with Gasteiger partial charge >= 0.3 is 0 Å². The molecule has 2 aromatic carbocycles. The van der Waals surface area contributed by atoms with Gasteiger partial charge in [0.15, 0.2) is 6.29 Å². The second-order valence-corrected chi connectivity index (χ2v) is 8.42. The third-order valence-corrected chi connectivity index (χ3v) is 5.03. The number of phenols is 1. The molecule has 2 aromatic rings. The molecule has 1 N–H and O–H groups in total. The standard InChI is InChI=1S/C13H14O2.C12H12O3/c1-9-10(8-14)4-5-12-11(9)6-7-13(2,3)15-12;1-12(2)6-5-9-10(15-12)4-3-8(7-13)11(9)14/h4-8H,1-3H3;3-7,14H,1-2H3. The Hall–Kier alpha value is -3.34. The summed E-state index contributed by atoms with van der Waals surface area (Å²) in [7, 11) is 0. The van der Waals surface area contributed by atoms with Crippen LogP contribution in [0.5, 0.6) is 17.2 Å². The van der Waals surface area contributed by atoms with E-state index in [1.807, 2.05) is 58.9 Å².